The van der Waals surface area contributed by atoms with Crippen molar-refractivity contribution in [1.29, 1.82) is 0 Å². The summed E-state index contributed by atoms with van der Waals surface area (Å²) in [6, 6.07) is 8.74. The maximum atomic E-state index is 5.48. The zero-order valence-corrected chi connectivity index (χ0v) is 11.3. The van der Waals surface area contributed by atoms with Crippen molar-refractivity contribution in [2.75, 3.05) is 33.9 Å². The Bertz CT molecular complexity index is 341. The standard InChI is InChI=1S/C15H23NO2/c1-17-11-15(18-2)13-6-3-5-12(9-13)14-7-4-8-16-10-14/h3,5-6,9,14-16H,4,7-8,10-11H2,1-2H3. The second-order valence-electron chi connectivity index (χ2n) is 4.89. The van der Waals surface area contributed by atoms with Crippen LogP contribution in [0.1, 0.15) is 36.0 Å². The summed E-state index contributed by atoms with van der Waals surface area (Å²) in [5.74, 6) is 0.638. The third-order valence-corrected chi connectivity index (χ3v) is 3.65. The molecule has 3 heteroatoms. The molecule has 0 amide bonds. The highest BCUT2D eigenvalue weighted by Gasteiger charge is 2.17. The van der Waals surface area contributed by atoms with Crippen LogP contribution in [0.3, 0.4) is 0 Å². The molecule has 2 atom stereocenters. The van der Waals surface area contributed by atoms with Crippen LogP contribution in [0.2, 0.25) is 0 Å². The molecule has 2 unspecified atom stereocenters. The minimum Gasteiger partial charge on any atom is -0.382 e. The highest BCUT2D eigenvalue weighted by Crippen LogP contribution is 2.26. The number of piperidine rings is 1. The molecule has 1 saturated heterocycles. The van der Waals surface area contributed by atoms with E-state index in [0.29, 0.717) is 12.5 Å². The molecular weight excluding hydrogens is 226 g/mol. The molecule has 100 valence electrons. The summed E-state index contributed by atoms with van der Waals surface area (Å²) in [5.41, 5.74) is 2.63. The van der Waals surface area contributed by atoms with Gasteiger partial charge in [0.2, 0.25) is 0 Å². The summed E-state index contributed by atoms with van der Waals surface area (Å²) in [7, 11) is 3.44. The minimum absolute atomic E-state index is 0.0338. The second-order valence-corrected chi connectivity index (χ2v) is 4.89. The van der Waals surface area contributed by atoms with Crippen LogP contribution >= 0.6 is 0 Å². The summed E-state index contributed by atoms with van der Waals surface area (Å²) in [6.07, 6.45) is 2.57. The van der Waals surface area contributed by atoms with Crippen molar-refractivity contribution in [3.05, 3.63) is 35.4 Å². The van der Waals surface area contributed by atoms with Crippen LogP contribution in [-0.4, -0.2) is 33.9 Å². The maximum absolute atomic E-state index is 5.48. The molecule has 1 N–H and O–H groups in total. The second kappa shape index (κ2) is 6.88. The molecule has 0 bridgehead atoms. The molecule has 0 spiro atoms. The van der Waals surface area contributed by atoms with Gasteiger partial charge in [-0.3, -0.25) is 0 Å². The van der Waals surface area contributed by atoms with Gasteiger partial charge < -0.3 is 14.8 Å². The summed E-state index contributed by atoms with van der Waals surface area (Å²) >= 11 is 0. The quantitative estimate of drug-likeness (QED) is 0.869. The Morgan fingerprint density at radius 2 is 2.28 bits per heavy atom. The van der Waals surface area contributed by atoms with E-state index in [2.05, 4.69) is 29.6 Å². The fraction of sp³-hybridized carbons (Fsp3) is 0.600. The van der Waals surface area contributed by atoms with Gasteiger partial charge in [0.15, 0.2) is 0 Å². The minimum atomic E-state index is 0.0338. The zero-order valence-electron chi connectivity index (χ0n) is 11.3. The van der Waals surface area contributed by atoms with Crippen molar-refractivity contribution in [2.45, 2.75) is 24.9 Å². The Balaban J connectivity index is 2.12. The summed E-state index contributed by atoms with van der Waals surface area (Å²) in [5, 5.41) is 3.47. The highest BCUT2D eigenvalue weighted by molar-refractivity contribution is 5.28. The molecule has 0 radical (unpaired) electrons. The largest absolute Gasteiger partial charge is 0.382 e. The fourth-order valence-corrected chi connectivity index (χ4v) is 2.60. The number of hydrogen-bond donors (Lipinski definition) is 1. The Labute approximate surface area is 109 Å². The normalized spacial score (nSPS) is 21.8. The van der Waals surface area contributed by atoms with E-state index in [1.807, 2.05) is 0 Å². The van der Waals surface area contributed by atoms with Gasteiger partial charge in [-0.25, -0.2) is 0 Å². The number of ether oxygens (including phenoxy) is 2. The van der Waals surface area contributed by atoms with Crippen molar-refractivity contribution < 1.29 is 9.47 Å². The van der Waals surface area contributed by atoms with E-state index in [-0.39, 0.29) is 6.10 Å². The molecule has 0 aromatic heterocycles. The molecule has 0 saturated carbocycles. The number of rotatable bonds is 5. The molecule has 18 heavy (non-hydrogen) atoms. The SMILES string of the molecule is COCC(OC)c1cccc(C2CCCNC2)c1. The van der Waals surface area contributed by atoms with Crippen LogP contribution in [0, 0.1) is 0 Å². The molecular formula is C15H23NO2. The average Bonchev–Trinajstić information content (AvgIpc) is 2.46. The lowest BCUT2D eigenvalue weighted by Gasteiger charge is -2.24. The topological polar surface area (TPSA) is 30.5 Å². The summed E-state index contributed by atoms with van der Waals surface area (Å²) in [6.45, 7) is 2.84. The Morgan fingerprint density at radius 1 is 1.39 bits per heavy atom. The Hall–Kier alpha value is -0.900. The molecule has 1 heterocycles. The smallest absolute Gasteiger partial charge is 0.105 e. The summed E-state index contributed by atoms with van der Waals surface area (Å²) < 4.78 is 10.7. The first-order chi connectivity index (χ1) is 8.85. The molecule has 1 aliphatic rings. The predicted octanol–water partition coefficient (Wildman–Crippen LogP) is 2.49. The number of benzene rings is 1. The van der Waals surface area contributed by atoms with E-state index in [1.165, 1.54) is 24.0 Å². The van der Waals surface area contributed by atoms with Gasteiger partial charge in [-0.05, 0) is 36.4 Å². The van der Waals surface area contributed by atoms with Gasteiger partial charge in [0.25, 0.3) is 0 Å². The molecule has 2 rings (SSSR count). The van der Waals surface area contributed by atoms with E-state index < -0.39 is 0 Å². The van der Waals surface area contributed by atoms with E-state index in [0.717, 1.165) is 13.1 Å². The van der Waals surface area contributed by atoms with Crippen molar-refractivity contribution in [2.24, 2.45) is 0 Å². The number of hydrogen-bond acceptors (Lipinski definition) is 3. The zero-order chi connectivity index (χ0) is 12.8. The van der Waals surface area contributed by atoms with Gasteiger partial charge in [0.1, 0.15) is 6.10 Å². The molecule has 0 aliphatic carbocycles. The van der Waals surface area contributed by atoms with Crippen molar-refractivity contribution >= 4 is 0 Å². The number of methoxy groups -OCH3 is 2. The Kier molecular flexibility index (Phi) is 5.17. The number of nitrogens with one attached hydrogen (secondary N) is 1. The summed E-state index contributed by atoms with van der Waals surface area (Å²) in [4.78, 5) is 0. The molecule has 1 aliphatic heterocycles. The van der Waals surface area contributed by atoms with Crippen LogP contribution in [0.4, 0.5) is 0 Å². The van der Waals surface area contributed by atoms with Crippen molar-refractivity contribution in [3.63, 3.8) is 0 Å². The van der Waals surface area contributed by atoms with E-state index in [4.69, 9.17) is 9.47 Å². The van der Waals surface area contributed by atoms with Crippen LogP contribution < -0.4 is 5.32 Å². The van der Waals surface area contributed by atoms with Crippen LogP contribution in [0.5, 0.6) is 0 Å². The van der Waals surface area contributed by atoms with Crippen LogP contribution in [-0.2, 0) is 9.47 Å². The van der Waals surface area contributed by atoms with Crippen LogP contribution in [0.25, 0.3) is 0 Å². The van der Waals surface area contributed by atoms with Crippen molar-refractivity contribution in [1.82, 2.24) is 5.32 Å². The lowest BCUT2D eigenvalue weighted by atomic mass is 9.90. The first-order valence-corrected chi connectivity index (χ1v) is 6.67. The van der Waals surface area contributed by atoms with E-state index in [1.54, 1.807) is 14.2 Å². The van der Waals surface area contributed by atoms with Gasteiger partial charge in [-0.2, -0.15) is 0 Å². The van der Waals surface area contributed by atoms with Gasteiger partial charge >= 0.3 is 0 Å². The predicted molar refractivity (Wildman–Crippen MR) is 72.9 cm³/mol. The first-order valence-electron chi connectivity index (χ1n) is 6.67. The van der Waals surface area contributed by atoms with Gasteiger partial charge in [-0.1, -0.05) is 24.3 Å². The third-order valence-electron chi connectivity index (χ3n) is 3.65. The van der Waals surface area contributed by atoms with Crippen molar-refractivity contribution in [3.8, 4) is 0 Å². The van der Waals surface area contributed by atoms with Gasteiger partial charge in [0, 0.05) is 20.8 Å². The average molecular weight is 249 g/mol. The Morgan fingerprint density at radius 3 is 2.94 bits per heavy atom. The lowest BCUT2D eigenvalue weighted by molar-refractivity contribution is 0.0274. The lowest BCUT2D eigenvalue weighted by Crippen LogP contribution is -2.28. The molecule has 1 aromatic carbocycles. The first kappa shape index (κ1) is 13.5. The molecule has 1 fully saturated rings. The monoisotopic (exact) mass is 249 g/mol. The van der Waals surface area contributed by atoms with Crippen LogP contribution in [0.15, 0.2) is 24.3 Å². The van der Waals surface area contributed by atoms with Gasteiger partial charge in [-0.15, -0.1) is 0 Å². The molecule has 3 nitrogen and oxygen atoms in total. The maximum Gasteiger partial charge on any atom is 0.105 e. The van der Waals surface area contributed by atoms with Gasteiger partial charge in [0.05, 0.1) is 6.61 Å². The highest BCUT2D eigenvalue weighted by atomic mass is 16.5. The fourth-order valence-electron chi connectivity index (χ4n) is 2.60. The third kappa shape index (κ3) is 3.31. The molecule has 1 aromatic rings. The van der Waals surface area contributed by atoms with E-state index in [9.17, 15) is 0 Å². The van der Waals surface area contributed by atoms with E-state index >= 15 is 0 Å².